The average molecular weight is 396 g/mol. The second kappa shape index (κ2) is 7.86. The van der Waals surface area contributed by atoms with Crippen molar-refractivity contribution in [2.24, 2.45) is 0 Å². The van der Waals surface area contributed by atoms with Gasteiger partial charge >= 0.3 is 6.09 Å². The van der Waals surface area contributed by atoms with Gasteiger partial charge in [0.15, 0.2) is 0 Å². The molecule has 1 amide bonds. The lowest BCUT2D eigenvalue weighted by molar-refractivity contribution is -0.113. The smallest absolute Gasteiger partial charge is 0.407 e. The molecule has 3 aromatic rings. The molecule has 0 spiro atoms. The lowest BCUT2D eigenvalue weighted by Gasteiger charge is -2.17. The molecule has 0 saturated heterocycles. The molecular weight excluding hydrogens is 378 g/mol. The fourth-order valence-corrected chi connectivity index (χ4v) is 3.72. The summed E-state index contributed by atoms with van der Waals surface area (Å²) in [7, 11) is 0. The Morgan fingerprint density at radius 3 is 2.32 bits per heavy atom. The molecule has 0 bridgehead atoms. The fourth-order valence-electron chi connectivity index (χ4n) is 3.59. The Kier molecular flexibility index (Phi) is 5.12. The minimum atomic E-state index is -0.891. The molecule has 2 aromatic carbocycles. The summed E-state index contributed by atoms with van der Waals surface area (Å²) in [6, 6.07) is 15.3. The van der Waals surface area contributed by atoms with E-state index in [4.69, 9.17) is 16.3 Å². The number of carbonyl (C=O) groups excluding carboxylic acids is 2. The number of imidazole rings is 1. The van der Waals surface area contributed by atoms with Crippen LogP contribution in [0.3, 0.4) is 0 Å². The van der Waals surface area contributed by atoms with E-state index in [1.54, 1.807) is 6.20 Å². The van der Waals surface area contributed by atoms with Gasteiger partial charge in [-0.25, -0.2) is 9.78 Å². The Balaban J connectivity index is 1.44. The first-order valence-electron chi connectivity index (χ1n) is 8.91. The third kappa shape index (κ3) is 3.64. The number of nitrogens with zero attached hydrogens (tertiary/aromatic N) is 1. The van der Waals surface area contributed by atoms with Crippen LogP contribution in [0.4, 0.5) is 4.79 Å². The predicted molar refractivity (Wildman–Crippen MR) is 105 cm³/mol. The van der Waals surface area contributed by atoms with E-state index >= 15 is 0 Å². The first-order valence-corrected chi connectivity index (χ1v) is 9.29. The number of aromatic amines is 1. The van der Waals surface area contributed by atoms with E-state index in [-0.39, 0.29) is 18.9 Å². The zero-order valence-corrected chi connectivity index (χ0v) is 15.6. The van der Waals surface area contributed by atoms with Crippen molar-refractivity contribution in [1.29, 1.82) is 0 Å². The third-order valence-electron chi connectivity index (χ3n) is 4.89. The van der Waals surface area contributed by atoms with Crippen molar-refractivity contribution >= 4 is 22.9 Å². The molecule has 28 heavy (non-hydrogen) atoms. The van der Waals surface area contributed by atoms with Crippen LogP contribution in [0.25, 0.3) is 11.1 Å². The van der Waals surface area contributed by atoms with Gasteiger partial charge in [0.05, 0.1) is 6.33 Å². The van der Waals surface area contributed by atoms with Crippen molar-refractivity contribution in [3.05, 3.63) is 77.9 Å². The van der Waals surface area contributed by atoms with Gasteiger partial charge in [0, 0.05) is 24.2 Å². The first kappa shape index (κ1) is 18.3. The molecule has 1 aliphatic rings. The van der Waals surface area contributed by atoms with E-state index in [0.717, 1.165) is 22.3 Å². The summed E-state index contributed by atoms with van der Waals surface area (Å²) in [6.07, 6.45) is 2.61. The minimum Gasteiger partial charge on any atom is -0.449 e. The third-order valence-corrected chi connectivity index (χ3v) is 5.15. The van der Waals surface area contributed by atoms with Crippen molar-refractivity contribution in [2.75, 3.05) is 6.61 Å². The number of halogens is 1. The van der Waals surface area contributed by atoms with E-state index in [1.807, 2.05) is 36.4 Å². The molecule has 0 aliphatic heterocycles. The van der Waals surface area contributed by atoms with Crippen molar-refractivity contribution in [3.8, 4) is 11.1 Å². The van der Waals surface area contributed by atoms with Gasteiger partial charge in [-0.1, -0.05) is 48.5 Å². The Hall–Kier alpha value is -3.12. The molecule has 6 nitrogen and oxygen atoms in total. The number of hydrogen-bond acceptors (Lipinski definition) is 4. The van der Waals surface area contributed by atoms with Crippen molar-refractivity contribution in [2.45, 2.75) is 18.4 Å². The number of amides is 1. The Morgan fingerprint density at radius 2 is 1.75 bits per heavy atom. The summed E-state index contributed by atoms with van der Waals surface area (Å²) in [5, 5.41) is 1.87. The summed E-state index contributed by atoms with van der Waals surface area (Å²) >= 11 is 5.62. The topological polar surface area (TPSA) is 84.1 Å². The van der Waals surface area contributed by atoms with E-state index in [0.29, 0.717) is 5.69 Å². The standard InChI is InChI=1S/C21H18ClN3O3/c22-20(26)19(9-13-10-23-12-24-13)25-21(27)28-11-18-16-7-3-1-5-14(16)15-6-2-4-8-17(15)18/h1-8,10,12,18-19H,9,11H2,(H,23,24)(H,25,27)/t19-/m0/s1. The van der Waals surface area contributed by atoms with Crippen molar-refractivity contribution in [1.82, 2.24) is 15.3 Å². The van der Waals surface area contributed by atoms with Gasteiger partial charge in [0.2, 0.25) is 5.24 Å². The number of carbonyl (C=O) groups is 2. The molecular formula is C21H18ClN3O3. The number of alkyl carbamates (subject to hydrolysis) is 1. The lowest BCUT2D eigenvalue weighted by Crippen LogP contribution is -2.41. The molecule has 1 aromatic heterocycles. The van der Waals surface area contributed by atoms with Crippen LogP contribution in [-0.4, -0.2) is 34.0 Å². The zero-order valence-electron chi connectivity index (χ0n) is 14.9. The fraction of sp³-hybridized carbons (Fsp3) is 0.190. The van der Waals surface area contributed by atoms with Gasteiger partial charge in [-0.2, -0.15) is 0 Å². The van der Waals surface area contributed by atoms with Crippen molar-refractivity contribution < 1.29 is 14.3 Å². The second-order valence-corrected chi connectivity index (χ2v) is 6.98. The highest BCUT2D eigenvalue weighted by molar-refractivity contribution is 6.64. The molecule has 0 saturated carbocycles. The number of H-pyrrole nitrogens is 1. The van der Waals surface area contributed by atoms with Crippen molar-refractivity contribution in [3.63, 3.8) is 0 Å². The van der Waals surface area contributed by atoms with Crippen LogP contribution in [0.1, 0.15) is 22.7 Å². The van der Waals surface area contributed by atoms with E-state index in [1.165, 1.54) is 6.33 Å². The first-order chi connectivity index (χ1) is 13.6. The van der Waals surface area contributed by atoms with Gasteiger partial charge in [0.1, 0.15) is 12.6 Å². The number of fused-ring (bicyclic) bond motifs is 3. The molecule has 1 aliphatic carbocycles. The number of ether oxygens (including phenoxy) is 1. The Labute approximate surface area is 166 Å². The lowest BCUT2D eigenvalue weighted by atomic mass is 9.98. The molecule has 142 valence electrons. The van der Waals surface area contributed by atoms with E-state index < -0.39 is 17.4 Å². The maximum absolute atomic E-state index is 12.3. The number of benzene rings is 2. The van der Waals surface area contributed by atoms with Gasteiger partial charge in [-0.3, -0.25) is 4.79 Å². The monoisotopic (exact) mass is 395 g/mol. The molecule has 0 radical (unpaired) electrons. The van der Waals surface area contributed by atoms with Crippen LogP contribution >= 0.6 is 11.6 Å². The van der Waals surface area contributed by atoms with Crippen LogP contribution in [0.5, 0.6) is 0 Å². The second-order valence-electron chi connectivity index (χ2n) is 6.61. The summed E-state index contributed by atoms with van der Waals surface area (Å²) in [5.74, 6) is -0.0455. The quantitative estimate of drug-likeness (QED) is 0.624. The van der Waals surface area contributed by atoms with Crippen LogP contribution in [0.2, 0.25) is 0 Å². The number of hydrogen-bond donors (Lipinski definition) is 2. The van der Waals surface area contributed by atoms with Gasteiger partial charge in [0.25, 0.3) is 0 Å². The number of rotatable bonds is 6. The maximum Gasteiger partial charge on any atom is 0.407 e. The van der Waals surface area contributed by atoms with Crippen LogP contribution < -0.4 is 5.32 Å². The Bertz CT molecular complexity index is 958. The zero-order chi connectivity index (χ0) is 19.5. The van der Waals surface area contributed by atoms with Gasteiger partial charge < -0.3 is 15.0 Å². The largest absolute Gasteiger partial charge is 0.449 e. The Morgan fingerprint density at radius 1 is 1.11 bits per heavy atom. The predicted octanol–water partition coefficient (Wildman–Crippen LogP) is 3.62. The normalized spacial score (nSPS) is 13.5. The van der Waals surface area contributed by atoms with Gasteiger partial charge in [-0.15, -0.1) is 0 Å². The highest BCUT2D eigenvalue weighted by atomic mass is 35.5. The molecule has 0 fully saturated rings. The molecule has 7 heteroatoms. The summed E-state index contributed by atoms with van der Waals surface area (Å²) < 4.78 is 5.45. The van der Waals surface area contributed by atoms with E-state index in [9.17, 15) is 9.59 Å². The molecule has 1 heterocycles. The van der Waals surface area contributed by atoms with Crippen LogP contribution in [0.15, 0.2) is 61.1 Å². The number of aromatic nitrogens is 2. The van der Waals surface area contributed by atoms with Gasteiger partial charge in [-0.05, 0) is 33.9 Å². The number of nitrogens with one attached hydrogen (secondary N) is 2. The molecule has 0 unspecified atom stereocenters. The van der Waals surface area contributed by atoms with E-state index in [2.05, 4.69) is 27.4 Å². The summed E-state index contributed by atoms with van der Waals surface area (Å²) in [6.45, 7) is 0.174. The SMILES string of the molecule is O=C(N[C@@H](Cc1cnc[nH]1)C(=O)Cl)OCC1c2ccccc2-c2ccccc21. The molecule has 4 rings (SSSR count). The summed E-state index contributed by atoms with van der Waals surface area (Å²) in [4.78, 5) is 30.7. The average Bonchev–Trinajstić information content (AvgIpc) is 3.32. The van der Waals surface area contributed by atoms with Crippen LogP contribution in [0, 0.1) is 0 Å². The molecule has 2 N–H and O–H groups in total. The highest BCUT2D eigenvalue weighted by Gasteiger charge is 2.29. The maximum atomic E-state index is 12.3. The summed E-state index contributed by atoms with van der Waals surface area (Å²) in [5.41, 5.74) is 5.25. The van der Waals surface area contributed by atoms with Crippen LogP contribution in [-0.2, 0) is 16.0 Å². The minimum absolute atomic E-state index is 0.0455. The molecule has 1 atom stereocenters. The highest BCUT2D eigenvalue weighted by Crippen LogP contribution is 2.44.